The third-order valence-corrected chi connectivity index (χ3v) is 5.97. The van der Waals surface area contributed by atoms with Crippen molar-refractivity contribution in [2.24, 2.45) is 0 Å². The van der Waals surface area contributed by atoms with Crippen molar-refractivity contribution < 1.29 is 23.1 Å². The maximum atomic E-state index is 13.4. The molecule has 168 valence electrons. The Balaban J connectivity index is 1.52. The molecule has 3 heterocycles. The molecule has 0 radical (unpaired) electrons. The predicted molar refractivity (Wildman–Crippen MR) is 113 cm³/mol. The van der Waals surface area contributed by atoms with Crippen molar-refractivity contribution in [1.82, 2.24) is 14.8 Å². The average Bonchev–Trinajstić information content (AvgIpc) is 3.43. The number of benzene rings is 1. The highest BCUT2D eigenvalue weighted by molar-refractivity contribution is 6.07. The van der Waals surface area contributed by atoms with E-state index in [9.17, 15) is 23.1 Å². The second kappa shape index (κ2) is 7.35. The number of aliphatic hydroxyl groups is 1. The quantitative estimate of drug-likeness (QED) is 0.582. The number of hydrogen-bond acceptors (Lipinski definition) is 5. The Kier molecular flexibility index (Phi) is 4.68. The molecule has 2 aromatic heterocycles. The van der Waals surface area contributed by atoms with E-state index in [4.69, 9.17) is 5.73 Å². The maximum absolute atomic E-state index is 13.4. The van der Waals surface area contributed by atoms with Gasteiger partial charge >= 0.3 is 6.18 Å². The second-order valence-electron chi connectivity index (χ2n) is 8.15. The van der Waals surface area contributed by atoms with Gasteiger partial charge in [-0.2, -0.15) is 18.3 Å². The van der Waals surface area contributed by atoms with Crippen LogP contribution in [0.5, 0.6) is 0 Å². The molecule has 0 unspecified atom stereocenters. The Labute approximate surface area is 186 Å². The first kappa shape index (κ1) is 21.0. The summed E-state index contributed by atoms with van der Waals surface area (Å²) in [5.41, 5.74) is 6.53. The van der Waals surface area contributed by atoms with Gasteiger partial charge in [0.15, 0.2) is 0 Å². The number of halogens is 3. The summed E-state index contributed by atoms with van der Waals surface area (Å²) >= 11 is 0. The molecule has 7 nitrogen and oxygen atoms in total. The molecule has 3 N–H and O–H groups in total. The van der Waals surface area contributed by atoms with Gasteiger partial charge in [0, 0.05) is 17.4 Å². The van der Waals surface area contributed by atoms with Gasteiger partial charge in [0.1, 0.15) is 11.5 Å². The lowest BCUT2D eigenvalue weighted by atomic mass is 10.1. The molecule has 1 aromatic carbocycles. The number of amides is 1. The molecule has 1 saturated carbocycles. The molecule has 0 atom stereocenters. The van der Waals surface area contributed by atoms with Crippen molar-refractivity contribution in [3.05, 3.63) is 70.7 Å². The topological polar surface area (TPSA) is 97.3 Å². The van der Waals surface area contributed by atoms with Crippen LogP contribution in [-0.4, -0.2) is 32.3 Å². The van der Waals surface area contributed by atoms with Gasteiger partial charge in [0.2, 0.25) is 0 Å². The van der Waals surface area contributed by atoms with Crippen LogP contribution < -0.4 is 10.6 Å². The van der Waals surface area contributed by atoms with Crippen molar-refractivity contribution in [3.8, 4) is 11.8 Å². The number of rotatable bonds is 2. The molecule has 3 aromatic rings. The van der Waals surface area contributed by atoms with Gasteiger partial charge in [-0.05, 0) is 48.7 Å². The number of pyridine rings is 1. The molecule has 0 saturated heterocycles. The molecular weight excluding hydrogens is 435 g/mol. The molecule has 2 aliphatic rings. The summed E-state index contributed by atoms with van der Waals surface area (Å²) in [7, 11) is 0. The number of fused-ring (bicyclic) bond motifs is 2. The summed E-state index contributed by atoms with van der Waals surface area (Å²) in [6.45, 7) is 0.0574. The van der Waals surface area contributed by atoms with Crippen LogP contribution >= 0.6 is 0 Å². The number of alkyl halides is 3. The first-order valence-electron chi connectivity index (χ1n) is 10.2. The number of carbonyl (C=O) groups is 1. The first-order valence-corrected chi connectivity index (χ1v) is 10.2. The van der Waals surface area contributed by atoms with E-state index in [1.807, 2.05) is 0 Å². The Morgan fingerprint density at radius 2 is 1.82 bits per heavy atom. The highest BCUT2D eigenvalue weighted by Gasteiger charge is 2.53. The highest BCUT2D eigenvalue weighted by atomic mass is 19.4. The van der Waals surface area contributed by atoms with Crippen molar-refractivity contribution in [2.75, 3.05) is 17.2 Å². The lowest BCUT2D eigenvalue weighted by Crippen LogP contribution is -2.48. The molecule has 10 heteroatoms. The summed E-state index contributed by atoms with van der Waals surface area (Å²) in [6.07, 6.45) is 0.112. The number of carbonyl (C=O) groups excluding carboxylic acids is 1. The number of aromatic nitrogens is 3. The molecule has 0 bridgehead atoms. The van der Waals surface area contributed by atoms with E-state index in [-0.39, 0.29) is 23.9 Å². The summed E-state index contributed by atoms with van der Waals surface area (Å²) in [6, 6.07) is 6.08. The predicted octanol–water partition coefficient (Wildman–Crippen LogP) is 2.92. The molecule has 1 aliphatic carbocycles. The minimum Gasteiger partial charge on any atom is -0.392 e. The van der Waals surface area contributed by atoms with Gasteiger partial charge in [-0.1, -0.05) is 11.8 Å². The van der Waals surface area contributed by atoms with Gasteiger partial charge in [-0.15, -0.1) is 0 Å². The third-order valence-electron chi connectivity index (χ3n) is 5.97. The standard InChI is InChI=1S/C23H18F3N5O2/c24-23(25,26)17-3-5-18(6-4-17)30-13-22(7-8-22)31-20(21(30)33)15(11-29-31)2-1-14-10-28-19(27)9-16(14)12-32/h3-6,9-11,32H,7-8,12-13H2,(H2,27,28). The smallest absolute Gasteiger partial charge is 0.392 e. The SMILES string of the molecule is Nc1cc(CO)c(C#Cc2cnn3c2C(=O)N(c2ccc(C(F)(F)F)cc2)CC32CC2)cn1. The summed E-state index contributed by atoms with van der Waals surface area (Å²) in [5, 5.41) is 13.9. The normalized spacial score (nSPS) is 16.4. The highest BCUT2D eigenvalue weighted by Crippen LogP contribution is 2.48. The van der Waals surface area contributed by atoms with Gasteiger partial charge < -0.3 is 15.7 Å². The van der Waals surface area contributed by atoms with E-state index in [2.05, 4.69) is 21.9 Å². The van der Waals surface area contributed by atoms with Crippen LogP contribution in [0.4, 0.5) is 24.7 Å². The van der Waals surface area contributed by atoms with Crippen LogP contribution in [-0.2, 0) is 18.3 Å². The van der Waals surface area contributed by atoms with E-state index in [1.165, 1.54) is 35.5 Å². The van der Waals surface area contributed by atoms with Gasteiger partial charge in [-0.3, -0.25) is 9.48 Å². The molecule has 1 amide bonds. The number of aliphatic hydroxyl groups excluding tert-OH is 1. The molecule has 5 rings (SSSR count). The molecule has 1 spiro atoms. The van der Waals surface area contributed by atoms with Crippen LogP contribution in [0, 0.1) is 11.8 Å². The summed E-state index contributed by atoms with van der Waals surface area (Å²) < 4.78 is 40.5. The van der Waals surface area contributed by atoms with E-state index >= 15 is 0 Å². The van der Waals surface area contributed by atoms with Crippen LogP contribution in [0.25, 0.3) is 0 Å². The van der Waals surface area contributed by atoms with Crippen LogP contribution in [0.15, 0.2) is 42.7 Å². The van der Waals surface area contributed by atoms with Crippen molar-refractivity contribution in [3.63, 3.8) is 0 Å². The van der Waals surface area contributed by atoms with E-state index < -0.39 is 11.7 Å². The van der Waals surface area contributed by atoms with Crippen molar-refractivity contribution in [2.45, 2.75) is 31.2 Å². The molecule has 1 aliphatic heterocycles. The zero-order valence-corrected chi connectivity index (χ0v) is 17.2. The maximum Gasteiger partial charge on any atom is 0.416 e. The molecule has 1 fully saturated rings. The number of hydrogen-bond donors (Lipinski definition) is 2. The zero-order chi connectivity index (χ0) is 23.4. The molecular formula is C23H18F3N5O2. The first-order chi connectivity index (χ1) is 15.7. The van der Waals surface area contributed by atoms with E-state index in [1.54, 1.807) is 4.68 Å². The second-order valence-corrected chi connectivity index (χ2v) is 8.15. The molecule has 33 heavy (non-hydrogen) atoms. The minimum absolute atomic E-state index is 0.255. The third kappa shape index (κ3) is 3.60. The monoisotopic (exact) mass is 453 g/mol. The fourth-order valence-electron chi connectivity index (χ4n) is 4.01. The summed E-state index contributed by atoms with van der Waals surface area (Å²) in [5.74, 6) is 5.73. The van der Waals surface area contributed by atoms with Crippen LogP contribution in [0.3, 0.4) is 0 Å². The van der Waals surface area contributed by atoms with E-state index in [0.29, 0.717) is 34.6 Å². The number of nitrogens with zero attached hydrogens (tertiary/aromatic N) is 4. The Morgan fingerprint density at radius 1 is 1.12 bits per heavy atom. The van der Waals surface area contributed by atoms with Gasteiger partial charge in [-0.25, -0.2) is 4.98 Å². The largest absolute Gasteiger partial charge is 0.416 e. The average molecular weight is 453 g/mol. The fraction of sp³-hybridized carbons (Fsp3) is 0.261. The number of nitrogen functional groups attached to an aromatic ring is 1. The zero-order valence-electron chi connectivity index (χ0n) is 17.2. The Hall–Kier alpha value is -3.84. The van der Waals surface area contributed by atoms with E-state index in [0.717, 1.165) is 25.0 Å². The minimum atomic E-state index is -4.45. The van der Waals surface area contributed by atoms with Gasteiger partial charge in [0.05, 0.1) is 36.0 Å². The lowest BCUT2D eigenvalue weighted by Gasteiger charge is -2.34. The fourth-order valence-corrected chi connectivity index (χ4v) is 4.01. The van der Waals surface area contributed by atoms with Crippen molar-refractivity contribution in [1.29, 1.82) is 0 Å². The Morgan fingerprint density at radius 3 is 2.45 bits per heavy atom. The van der Waals surface area contributed by atoms with Crippen LogP contribution in [0.2, 0.25) is 0 Å². The number of nitrogens with two attached hydrogens (primary N) is 1. The van der Waals surface area contributed by atoms with Crippen molar-refractivity contribution >= 4 is 17.4 Å². The van der Waals surface area contributed by atoms with Crippen LogP contribution in [0.1, 0.15) is 45.6 Å². The summed E-state index contributed by atoms with van der Waals surface area (Å²) in [4.78, 5) is 18.9. The number of anilines is 2. The lowest BCUT2D eigenvalue weighted by molar-refractivity contribution is -0.137. The van der Waals surface area contributed by atoms with Gasteiger partial charge in [0.25, 0.3) is 5.91 Å². The Bertz CT molecular complexity index is 1310.